The van der Waals surface area contributed by atoms with E-state index in [1.165, 1.54) is 0 Å². The van der Waals surface area contributed by atoms with Crippen LogP contribution in [0.1, 0.15) is 42.6 Å². The molecule has 6 heteroatoms. The van der Waals surface area contributed by atoms with E-state index in [0.29, 0.717) is 0 Å². The van der Waals surface area contributed by atoms with E-state index in [2.05, 4.69) is 10.3 Å². The maximum Gasteiger partial charge on any atom is 0.357 e. The molecular weight excluding hydrogens is 224 g/mol. The maximum absolute atomic E-state index is 10.7. The normalized spacial score (nSPS) is 18.9. The van der Waals surface area contributed by atoms with Crippen molar-refractivity contribution in [2.75, 3.05) is 11.9 Å². The second-order valence-electron chi connectivity index (χ2n) is 4.47. The molecule has 0 radical (unpaired) electrons. The Morgan fingerprint density at radius 1 is 1.47 bits per heavy atom. The van der Waals surface area contributed by atoms with Crippen molar-refractivity contribution in [2.45, 2.75) is 37.6 Å². The highest BCUT2D eigenvalue weighted by Gasteiger charge is 2.32. The topological polar surface area (TPSA) is 95.6 Å². The van der Waals surface area contributed by atoms with E-state index in [4.69, 9.17) is 9.52 Å². The summed E-state index contributed by atoms with van der Waals surface area (Å²) in [6.07, 6.45) is 6.02. The number of nitrogens with zero attached hydrogens (tertiary/aromatic N) is 1. The van der Waals surface area contributed by atoms with E-state index in [9.17, 15) is 9.90 Å². The molecule has 1 fully saturated rings. The number of carboxylic acids is 1. The van der Waals surface area contributed by atoms with Crippen molar-refractivity contribution in [3.8, 4) is 0 Å². The fourth-order valence-corrected chi connectivity index (χ4v) is 2.21. The average molecular weight is 240 g/mol. The average Bonchev–Trinajstić information content (AvgIpc) is 2.79. The Morgan fingerprint density at radius 2 is 2.18 bits per heavy atom. The quantitative estimate of drug-likeness (QED) is 0.737. The fourth-order valence-electron chi connectivity index (χ4n) is 2.21. The summed E-state index contributed by atoms with van der Waals surface area (Å²) in [5.41, 5.74) is -0.546. The molecule has 1 aliphatic rings. The zero-order valence-corrected chi connectivity index (χ0v) is 9.48. The standard InChI is InChI=1S/C11H16N2O4/c14-7-11(4-2-1-3-5-11)13-10-12-8(6-17-10)9(15)16/h6,14H,1-5,7H2,(H,12,13)(H,15,16). The van der Waals surface area contributed by atoms with Crippen LogP contribution in [0, 0.1) is 0 Å². The van der Waals surface area contributed by atoms with Crippen LogP contribution in [0.2, 0.25) is 0 Å². The summed E-state index contributed by atoms with van der Waals surface area (Å²) in [5.74, 6) is -1.12. The summed E-state index contributed by atoms with van der Waals surface area (Å²) < 4.78 is 5.04. The number of anilines is 1. The second-order valence-corrected chi connectivity index (χ2v) is 4.47. The van der Waals surface area contributed by atoms with Crippen LogP contribution in [-0.4, -0.2) is 33.3 Å². The van der Waals surface area contributed by atoms with Crippen LogP contribution < -0.4 is 5.32 Å². The SMILES string of the molecule is O=C(O)c1coc(NC2(CO)CCCCC2)n1. The predicted molar refractivity (Wildman–Crippen MR) is 60.0 cm³/mol. The third-order valence-corrected chi connectivity index (χ3v) is 3.21. The smallest absolute Gasteiger partial charge is 0.357 e. The number of rotatable bonds is 4. The molecule has 0 saturated heterocycles. The first-order valence-corrected chi connectivity index (χ1v) is 5.73. The van der Waals surface area contributed by atoms with Crippen LogP contribution in [0.4, 0.5) is 6.01 Å². The van der Waals surface area contributed by atoms with Gasteiger partial charge in [0.05, 0.1) is 12.1 Å². The Balaban J connectivity index is 2.09. The highest BCUT2D eigenvalue weighted by Crippen LogP contribution is 2.31. The minimum Gasteiger partial charge on any atom is -0.476 e. The van der Waals surface area contributed by atoms with Gasteiger partial charge in [-0.05, 0) is 12.8 Å². The van der Waals surface area contributed by atoms with Gasteiger partial charge in [-0.15, -0.1) is 0 Å². The van der Waals surface area contributed by atoms with Gasteiger partial charge in [0.15, 0.2) is 5.69 Å². The van der Waals surface area contributed by atoms with E-state index in [-0.39, 0.29) is 18.3 Å². The van der Waals surface area contributed by atoms with Crippen molar-refractivity contribution < 1.29 is 19.4 Å². The molecule has 1 aliphatic carbocycles. The van der Waals surface area contributed by atoms with Crippen molar-refractivity contribution in [1.29, 1.82) is 0 Å². The molecule has 2 rings (SSSR count). The molecule has 3 N–H and O–H groups in total. The first-order chi connectivity index (χ1) is 8.15. The number of aliphatic hydroxyl groups is 1. The maximum atomic E-state index is 10.7. The zero-order chi connectivity index (χ0) is 12.3. The lowest BCUT2D eigenvalue weighted by molar-refractivity contribution is 0.0690. The van der Waals surface area contributed by atoms with Gasteiger partial charge in [0.1, 0.15) is 6.26 Å². The molecule has 0 aromatic carbocycles. The Hall–Kier alpha value is -1.56. The van der Waals surface area contributed by atoms with Crippen molar-refractivity contribution in [3.63, 3.8) is 0 Å². The summed E-state index contributed by atoms with van der Waals surface area (Å²) in [6, 6.07) is 0.165. The summed E-state index contributed by atoms with van der Waals surface area (Å²) in [5, 5.41) is 21.2. The van der Waals surface area contributed by atoms with Gasteiger partial charge in [0.2, 0.25) is 0 Å². The number of aromatic carboxylic acids is 1. The molecule has 0 amide bonds. The Kier molecular flexibility index (Phi) is 3.33. The van der Waals surface area contributed by atoms with Gasteiger partial charge in [0, 0.05) is 0 Å². The first-order valence-electron chi connectivity index (χ1n) is 5.73. The third kappa shape index (κ3) is 2.58. The molecule has 1 aromatic rings. The van der Waals surface area contributed by atoms with Gasteiger partial charge < -0.3 is 19.9 Å². The van der Waals surface area contributed by atoms with Crippen molar-refractivity contribution in [2.24, 2.45) is 0 Å². The van der Waals surface area contributed by atoms with Crippen molar-refractivity contribution in [1.82, 2.24) is 4.98 Å². The molecule has 17 heavy (non-hydrogen) atoms. The summed E-state index contributed by atoms with van der Waals surface area (Å²) >= 11 is 0. The second kappa shape index (κ2) is 4.75. The Bertz CT molecular complexity index is 396. The lowest BCUT2D eigenvalue weighted by Crippen LogP contribution is -2.43. The summed E-state index contributed by atoms with van der Waals surface area (Å²) in [4.78, 5) is 14.5. The third-order valence-electron chi connectivity index (χ3n) is 3.21. The highest BCUT2D eigenvalue weighted by atomic mass is 16.4. The van der Waals surface area contributed by atoms with Crippen LogP contribution in [-0.2, 0) is 0 Å². The van der Waals surface area contributed by atoms with Crippen LogP contribution in [0.3, 0.4) is 0 Å². The monoisotopic (exact) mass is 240 g/mol. The van der Waals surface area contributed by atoms with Gasteiger partial charge in [-0.3, -0.25) is 0 Å². The van der Waals surface area contributed by atoms with Gasteiger partial charge >= 0.3 is 5.97 Å². The molecule has 0 aliphatic heterocycles. The minimum absolute atomic E-state index is 0.00220. The van der Waals surface area contributed by atoms with Crippen molar-refractivity contribution in [3.05, 3.63) is 12.0 Å². The summed E-state index contributed by atoms with van der Waals surface area (Å²) in [7, 11) is 0. The number of aromatic nitrogens is 1. The molecule has 1 saturated carbocycles. The number of aliphatic hydroxyl groups excluding tert-OH is 1. The van der Waals surface area contributed by atoms with Gasteiger partial charge in [-0.2, -0.15) is 4.98 Å². The number of hydrogen-bond donors (Lipinski definition) is 3. The molecule has 0 atom stereocenters. The van der Waals surface area contributed by atoms with Gasteiger partial charge in [-0.25, -0.2) is 4.79 Å². The van der Waals surface area contributed by atoms with E-state index >= 15 is 0 Å². The number of nitrogens with one attached hydrogen (secondary N) is 1. The lowest BCUT2D eigenvalue weighted by Gasteiger charge is -2.35. The first kappa shape index (κ1) is 11.9. The van der Waals surface area contributed by atoms with Crippen molar-refractivity contribution >= 4 is 12.0 Å². The molecule has 0 bridgehead atoms. The zero-order valence-electron chi connectivity index (χ0n) is 9.48. The Labute approximate surface area is 98.7 Å². The molecule has 0 spiro atoms. The number of oxazole rings is 1. The van der Waals surface area contributed by atoms with Gasteiger partial charge in [0.25, 0.3) is 6.01 Å². The van der Waals surface area contributed by atoms with Gasteiger partial charge in [-0.1, -0.05) is 19.3 Å². The van der Waals surface area contributed by atoms with Crippen LogP contribution in [0.15, 0.2) is 10.7 Å². The molecule has 6 nitrogen and oxygen atoms in total. The molecule has 1 aromatic heterocycles. The number of carbonyl (C=O) groups is 1. The molecular formula is C11H16N2O4. The minimum atomic E-state index is -1.12. The van der Waals surface area contributed by atoms with E-state index < -0.39 is 11.5 Å². The molecule has 0 unspecified atom stereocenters. The lowest BCUT2D eigenvalue weighted by atomic mass is 9.82. The number of hydrogen-bond acceptors (Lipinski definition) is 5. The van der Waals surface area contributed by atoms with E-state index in [1.54, 1.807) is 0 Å². The molecule has 94 valence electrons. The predicted octanol–water partition coefficient (Wildman–Crippen LogP) is 1.48. The van der Waals surface area contributed by atoms with Crippen LogP contribution in [0.25, 0.3) is 0 Å². The highest BCUT2D eigenvalue weighted by molar-refractivity contribution is 5.85. The largest absolute Gasteiger partial charge is 0.476 e. The molecule has 1 heterocycles. The Morgan fingerprint density at radius 3 is 2.71 bits per heavy atom. The summed E-state index contributed by atoms with van der Waals surface area (Å²) in [6.45, 7) is -0.00220. The van der Waals surface area contributed by atoms with Crippen LogP contribution >= 0.6 is 0 Å². The number of carboxylic acid groups (broad SMARTS) is 1. The van der Waals surface area contributed by atoms with E-state index in [1.807, 2.05) is 0 Å². The van der Waals surface area contributed by atoms with E-state index in [0.717, 1.165) is 38.4 Å². The van der Waals surface area contributed by atoms with Crippen LogP contribution in [0.5, 0.6) is 0 Å². The fraction of sp³-hybridized carbons (Fsp3) is 0.636.